The number of carbonyl (C=O) groups is 1. The summed E-state index contributed by atoms with van der Waals surface area (Å²) in [4.78, 5) is 15.9. The zero-order valence-corrected chi connectivity index (χ0v) is 11.5. The van der Waals surface area contributed by atoms with Crippen molar-refractivity contribution in [2.75, 3.05) is 6.61 Å². The van der Waals surface area contributed by atoms with E-state index in [1.54, 1.807) is 6.92 Å². The summed E-state index contributed by atoms with van der Waals surface area (Å²) in [5.41, 5.74) is 4.24. The maximum absolute atomic E-state index is 11.6. The molecule has 0 aliphatic heterocycles. The average Bonchev–Trinajstić information content (AvgIpc) is 2.82. The molecule has 0 bridgehead atoms. The van der Waals surface area contributed by atoms with Crippen LogP contribution < -0.4 is 0 Å². The van der Waals surface area contributed by atoms with Gasteiger partial charge in [0.1, 0.15) is 0 Å². The summed E-state index contributed by atoms with van der Waals surface area (Å²) in [7, 11) is 0. The van der Waals surface area contributed by atoms with E-state index in [-0.39, 0.29) is 5.97 Å². The van der Waals surface area contributed by atoms with Gasteiger partial charge >= 0.3 is 5.97 Å². The number of hydrogen-bond donors (Lipinski definition) is 0. The lowest BCUT2D eigenvalue weighted by atomic mass is 10.0. The van der Waals surface area contributed by atoms with E-state index in [2.05, 4.69) is 23.2 Å². The second-order valence-corrected chi connectivity index (χ2v) is 4.93. The third kappa shape index (κ3) is 2.59. The number of benzene rings is 1. The molecule has 0 fully saturated rings. The fourth-order valence-electron chi connectivity index (χ4n) is 1.70. The average molecular weight is 261 g/mol. The van der Waals surface area contributed by atoms with Gasteiger partial charge < -0.3 is 4.74 Å². The van der Waals surface area contributed by atoms with Crippen molar-refractivity contribution >= 4 is 17.3 Å². The number of aryl methyl sites for hydroxylation is 2. The summed E-state index contributed by atoms with van der Waals surface area (Å²) in [5, 5.41) is 2.31. The van der Waals surface area contributed by atoms with Crippen molar-refractivity contribution in [3.63, 3.8) is 0 Å². The van der Waals surface area contributed by atoms with Gasteiger partial charge in [-0.2, -0.15) is 0 Å². The lowest BCUT2D eigenvalue weighted by Gasteiger charge is -2.03. The van der Waals surface area contributed by atoms with Gasteiger partial charge in [0.15, 0.2) is 0 Å². The van der Waals surface area contributed by atoms with Gasteiger partial charge in [-0.3, -0.25) is 0 Å². The fourth-order valence-corrected chi connectivity index (χ4v) is 2.40. The third-order valence-electron chi connectivity index (χ3n) is 2.62. The molecule has 3 nitrogen and oxygen atoms in total. The van der Waals surface area contributed by atoms with Crippen LogP contribution in [0.3, 0.4) is 0 Å². The van der Waals surface area contributed by atoms with Crippen LogP contribution in [0.2, 0.25) is 0 Å². The highest BCUT2D eigenvalue weighted by molar-refractivity contribution is 7.11. The van der Waals surface area contributed by atoms with Gasteiger partial charge in [0.05, 0.1) is 12.3 Å². The Labute approximate surface area is 110 Å². The summed E-state index contributed by atoms with van der Waals surface area (Å²) in [6, 6.07) is 6.21. The Kier molecular flexibility index (Phi) is 3.77. The minimum atomic E-state index is -0.348. The van der Waals surface area contributed by atoms with Gasteiger partial charge in [0, 0.05) is 10.9 Å². The second kappa shape index (κ2) is 5.31. The first-order chi connectivity index (χ1) is 8.61. The van der Waals surface area contributed by atoms with Crippen LogP contribution in [0.5, 0.6) is 0 Å². The molecule has 1 aromatic carbocycles. The van der Waals surface area contributed by atoms with Gasteiger partial charge in [0.2, 0.25) is 5.01 Å². The number of ether oxygens (including phenoxy) is 1. The van der Waals surface area contributed by atoms with Crippen molar-refractivity contribution in [3.8, 4) is 11.3 Å². The van der Waals surface area contributed by atoms with Crippen molar-refractivity contribution in [1.29, 1.82) is 0 Å². The molecule has 2 rings (SSSR count). The van der Waals surface area contributed by atoms with Crippen LogP contribution in [0.1, 0.15) is 27.9 Å². The van der Waals surface area contributed by atoms with E-state index in [1.807, 2.05) is 19.2 Å². The van der Waals surface area contributed by atoms with Crippen LogP contribution in [0.25, 0.3) is 11.3 Å². The summed E-state index contributed by atoms with van der Waals surface area (Å²) in [6.07, 6.45) is 0. The van der Waals surface area contributed by atoms with E-state index >= 15 is 0 Å². The molecule has 0 saturated carbocycles. The smallest absolute Gasteiger partial charge is 0.367 e. The minimum absolute atomic E-state index is 0.348. The van der Waals surface area contributed by atoms with Crippen molar-refractivity contribution in [2.45, 2.75) is 20.8 Å². The standard InChI is InChI=1S/C14H15NO2S/c1-4-17-14(16)13-15-12(8-18-13)11-7-9(2)5-6-10(11)3/h5-8H,4H2,1-3H3. The first-order valence-corrected chi connectivity index (χ1v) is 6.70. The molecule has 0 saturated heterocycles. The molecule has 1 aromatic heterocycles. The van der Waals surface area contributed by atoms with Crippen molar-refractivity contribution in [2.24, 2.45) is 0 Å². The largest absolute Gasteiger partial charge is 0.461 e. The first kappa shape index (κ1) is 12.8. The molecule has 0 radical (unpaired) electrons. The van der Waals surface area contributed by atoms with Gasteiger partial charge in [0.25, 0.3) is 0 Å². The number of esters is 1. The number of carbonyl (C=O) groups excluding carboxylic acids is 1. The zero-order chi connectivity index (χ0) is 13.1. The molecule has 0 spiro atoms. The topological polar surface area (TPSA) is 39.2 Å². The molecule has 0 N–H and O–H groups in total. The second-order valence-electron chi connectivity index (χ2n) is 4.08. The highest BCUT2D eigenvalue weighted by Gasteiger charge is 2.13. The Balaban J connectivity index is 2.35. The molecule has 18 heavy (non-hydrogen) atoms. The minimum Gasteiger partial charge on any atom is -0.461 e. The molecular formula is C14H15NO2S. The summed E-state index contributed by atoms with van der Waals surface area (Å²) in [5.74, 6) is -0.348. The quantitative estimate of drug-likeness (QED) is 0.792. The Morgan fingerprint density at radius 2 is 2.17 bits per heavy atom. The Morgan fingerprint density at radius 1 is 1.39 bits per heavy atom. The van der Waals surface area contributed by atoms with Crippen LogP contribution in [0.4, 0.5) is 0 Å². The van der Waals surface area contributed by atoms with E-state index in [1.165, 1.54) is 16.9 Å². The maximum atomic E-state index is 11.6. The highest BCUT2D eigenvalue weighted by Crippen LogP contribution is 2.26. The summed E-state index contributed by atoms with van der Waals surface area (Å²) in [6.45, 7) is 6.24. The molecular weight excluding hydrogens is 246 g/mol. The summed E-state index contributed by atoms with van der Waals surface area (Å²) < 4.78 is 4.94. The molecule has 0 amide bonds. The van der Waals surface area contributed by atoms with Gasteiger partial charge in [-0.15, -0.1) is 11.3 Å². The van der Waals surface area contributed by atoms with E-state index in [9.17, 15) is 4.79 Å². The number of aromatic nitrogens is 1. The van der Waals surface area contributed by atoms with Gasteiger partial charge in [-0.1, -0.05) is 17.7 Å². The number of hydrogen-bond acceptors (Lipinski definition) is 4. The molecule has 1 heterocycles. The normalized spacial score (nSPS) is 10.4. The number of thiazole rings is 1. The van der Waals surface area contributed by atoms with Gasteiger partial charge in [-0.25, -0.2) is 9.78 Å². The zero-order valence-electron chi connectivity index (χ0n) is 10.7. The molecule has 0 atom stereocenters. The Hall–Kier alpha value is -1.68. The third-order valence-corrected chi connectivity index (χ3v) is 3.45. The predicted octanol–water partition coefficient (Wildman–Crippen LogP) is 3.60. The van der Waals surface area contributed by atoms with Gasteiger partial charge in [-0.05, 0) is 32.4 Å². The van der Waals surface area contributed by atoms with Crippen LogP contribution in [0, 0.1) is 13.8 Å². The van der Waals surface area contributed by atoms with Crippen LogP contribution in [-0.2, 0) is 4.74 Å². The predicted molar refractivity (Wildman–Crippen MR) is 73.0 cm³/mol. The molecule has 2 aromatic rings. The molecule has 0 aliphatic carbocycles. The van der Waals surface area contributed by atoms with Crippen molar-refractivity contribution in [1.82, 2.24) is 4.98 Å². The fraction of sp³-hybridized carbons (Fsp3) is 0.286. The first-order valence-electron chi connectivity index (χ1n) is 5.82. The lowest BCUT2D eigenvalue weighted by Crippen LogP contribution is -2.03. The maximum Gasteiger partial charge on any atom is 0.367 e. The highest BCUT2D eigenvalue weighted by atomic mass is 32.1. The van der Waals surface area contributed by atoms with Crippen molar-refractivity contribution in [3.05, 3.63) is 39.7 Å². The molecule has 94 valence electrons. The monoisotopic (exact) mass is 261 g/mol. The van der Waals surface area contributed by atoms with E-state index < -0.39 is 0 Å². The van der Waals surface area contributed by atoms with E-state index in [4.69, 9.17) is 4.74 Å². The number of rotatable bonds is 3. The molecule has 0 unspecified atom stereocenters. The Morgan fingerprint density at radius 3 is 2.89 bits per heavy atom. The lowest BCUT2D eigenvalue weighted by molar-refractivity contribution is 0.0526. The van der Waals surface area contributed by atoms with E-state index in [0.29, 0.717) is 11.6 Å². The van der Waals surface area contributed by atoms with Crippen LogP contribution in [0.15, 0.2) is 23.6 Å². The molecule has 0 aliphatic rings. The molecule has 4 heteroatoms. The van der Waals surface area contributed by atoms with Crippen molar-refractivity contribution < 1.29 is 9.53 Å². The van der Waals surface area contributed by atoms with Crippen LogP contribution >= 0.6 is 11.3 Å². The SMILES string of the molecule is CCOC(=O)c1nc(-c2cc(C)ccc2C)cs1. The van der Waals surface area contributed by atoms with Crippen LogP contribution in [-0.4, -0.2) is 17.6 Å². The Bertz CT molecular complexity index is 575. The number of nitrogens with zero attached hydrogens (tertiary/aromatic N) is 1. The summed E-state index contributed by atoms with van der Waals surface area (Å²) >= 11 is 1.32. The van der Waals surface area contributed by atoms with E-state index in [0.717, 1.165) is 16.8 Å².